The molecule has 3 aromatic rings. The smallest absolute Gasteiger partial charge is 0.246 e. The number of aliphatic hydroxyl groups excluding tert-OH is 1. The highest BCUT2D eigenvalue weighted by atomic mass is 16.5. The van der Waals surface area contributed by atoms with E-state index in [4.69, 9.17) is 4.52 Å². The number of β-amino-alcohol motifs (C(OH)–C–C–N with tert-alkyl or cyclic N) is 1. The Labute approximate surface area is 157 Å². The van der Waals surface area contributed by atoms with Gasteiger partial charge >= 0.3 is 0 Å². The van der Waals surface area contributed by atoms with Crippen LogP contribution in [0.15, 0.2) is 47.1 Å². The van der Waals surface area contributed by atoms with Crippen molar-refractivity contribution < 1.29 is 9.63 Å². The van der Waals surface area contributed by atoms with Gasteiger partial charge in [0.1, 0.15) is 5.82 Å². The monoisotopic (exact) mass is 366 g/mol. The molecule has 2 N–H and O–H groups in total. The lowest BCUT2D eigenvalue weighted by molar-refractivity contribution is 0.154. The van der Waals surface area contributed by atoms with Gasteiger partial charge in [0, 0.05) is 25.7 Å². The minimum Gasteiger partial charge on any atom is -0.391 e. The van der Waals surface area contributed by atoms with E-state index in [9.17, 15) is 5.11 Å². The van der Waals surface area contributed by atoms with Gasteiger partial charge in [-0.2, -0.15) is 9.97 Å². The van der Waals surface area contributed by atoms with Crippen molar-refractivity contribution in [3.8, 4) is 0 Å². The molecule has 1 aliphatic heterocycles. The summed E-state index contributed by atoms with van der Waals surface area (Å²) < 4.78 is 5.30. The summed E-state index contributed by atoms with van der Waals surface area (Å²) in [5.74, 6) is 2.44. The number of nitrogens with one attached hydrogen (secondary N) is 1. The molecule has 1 unspecified atom stereocenters. The van der Waals surface area contributed by atoms with Crippen LogP contribution in [-0.4, -0.2) is 44.4 Å². The lowest BCUT2D eigenvalue weighted by Crippen LogP contribution is -2.38. The summed E-state index contributed by atoms with van der Waals surface area (Å²) in [6.07, 6.45) is 3.84. The molecule has 0 spiro atoms. The average molecular weight is 366 g/mol. The third-order valence-electron chi connectivity index (χ3n) is 4.47. The molecule has 27 heavy (non-hydrogen) atoms. The van der Waals surface area contributed by atoms with Gasteiger partial charge in [-0.1, -0.05) is 35.5 Å². The molecule has 1 aromatic carbocycles. The molecule has 0 bridgehead atoms. The molecule has 8 heteroatoms. The summed E-state index contributed by atoms with van der Waals surface area (Å²) >= 11 is 0. The van der Waals surface area contributed by atoms with E-state index in [1.165, 1.54) is 0 Å². The quantitative estimate of drug-likeness (QED) is 0.683. The molecular weight excluding hydrogens is 344 g/mol. The summed E-state index contributed by atoms with van der Waals surface area (Å²) in [5.41, 5.74) is 1.14. The van der Waals surface area contributed by atoms with Crippen LogP contribution in [-0.2, 0) is 13.0 Å². The molecule has 1 atom stereocenters. The summed E-state index contributed by atoms with van der Waals surface area (Å²) in [4.78, 5) is 15.2. The Bertz CT molecular complexity index is 869. The number of anilines is 2. The number of aromatic nitrogens is 4. The fourth-order valence-corrected chi connectivity index (χ4v) is 3.14. The minimum atomic E-state index is -0.299. The molecule has 0 aliphatic carbocycles. The van der Waals surface area contributed by atoms with Crippen LogP contribution in [0.5, 0.6) is 0 Å². The van der Waals surface area contributed by atoms with Crippen LogP contribution in [0.4, 0.5) is 11.8 Å². The molecule has 0 amide bonds. The first kappa shape index (κ1) is 17.4. The molecule has 0 saturated carbocycles. The second-order valence-electron chi connectivity index (χ2n) is 6.60. The van der Waals surface area contributed by atoms with Crippen LogP contribution < -0.4 is 10.2 Å². The van der Waals surface area contributed by atoms with E-state index in [1.54, 1.807) is 6.20 Å². The van der Waals surface area contributed by atoms with E-state index >= 15 is 0 Å². The van der Waals surface area contributed by atoms with E-state index in [2.05, 4.69) is 30.3 Å². The number of hydrogen-bond donors (Lipinski definition) is 2. The topological polar surface area (TPSA) is 100 Å². The Hall–Kier alpha value is -3.00. The molecule has 2 aromatic heterocycles. The lowest BCUT2D eigenvalue weighted by atomic mass is 10.1. The fourth-order valence-electron chi connectivity index (χ4n) is 3.14. The van der Waals surface area contributed by atoms with Gasteiger partial charge in [0.25, 0.3) is 0 Å². The number of aliphatic hydroxyl groups is 1. The van der Waals surface area contributed by atoms with Gasteiger partial charge in [-0.15, -0.1) is 0 Å². The predicted octanol–water partition coefficient (Wildman–Crippen LogP) is 2.02. The van der Waals surface area contributed by atoms with Gasteiger partial charge in [-0.25, -0.2) is 4.98 Å². The molecule has 8 nitrogen and oxygen atoms in total. The second-order valence-corrected chi connectivity index (χ2v) is 6.60. The van der Waals surface area contributed by atoms with E-state index in [0.717, 1.165) is 30.8 Å². The van der Waals surface area contributed by atoms with Crippen LogP contribution in [0.3, 0.4) is 0 Å². The SMILES string of the molecule is OC1CCCN(c2ccnc(NCc3nc(Cc4ccccc4)no3)n2)C1. The van der Waals surface area contributed by atoms with Crippen molar-refractivity contribution in [3.05, 3.63) is 59.9 Å². The summed E-state index contributed by atoms with van der Waals surface area (Å²) in [7, 11) is 0. The van der Waals surface area contributed by atoms with E-state index in [0.29, 0.717) is 37.2 Å². The average Bonchev–Trinajstić information content (AvgIpc) is 3.15. The van der Waals surface area contributed by atoms with Gasteiger partial charge in [-0.3, -0.25) is 0 Å². The zero-order chi connectivity index (χ0) is 18.5. The summed E-state index contributed by atoms with van der Waals surface area (Å²) in [6.45, 7) is 1.84. The number of piperidine rings is 1. The van der Waals surface area contributed by atoms with Gasteiger partial charge in [0.15, 0.2) is 5.82 Å². The normalized spacial score (nSPS) is 17.1. The highest BCUT2D eigenvalue weighted by Gasteiger charge is 2.19. The standard InChI is InChI=1S/C19H22N6O2/c26-15-7-4-10-25(13-15)17-8-9-20-19(23-17)21-12-18-22-16(24-27-18)11-14-5-2-1-3-6-14/h1-3,5-6,8-9,15,26H,4,7,10-13H2,(H,20,21,23). The number of benzene rings is 1. The lowest BCUT2D eigenvalue weighted by Gasteiger charge is -2.31. The van der Waals surface area contributed by atoms with Crippen LogP contribution in [0.1, 0.15) is 30.1 Å². The van der Waals surface area contributed by atoms with Crippen LogP contribution in [0, 0.1) is 0 Å². The Morgan fingerprint density at radius 3 is 2.93 bits per heavy atom. The van der Waals surface area contributed by atoms with Crippen LogP contribution in [0.2, 0.25) is 0 Å². The number of hydrogen-bond acceptors (Lipinski definition) is 8. The maximum atomic E-state index is 9.84. The van der Waals surface area contributed by atoms with E-state index in [1.807, 2.05) is 36.4 Å². The zero-order valence-electron chi connectivity index (χ0n) is 15.0. The maximum absolute atomic E-state index is 9.84. The van der Waals surface area contributed by atoms with Gasteiger partial charge in [-0.05, 0) is 24.5 Å². The van der Waals surface area contributed by atoms with Crippen LogP contribution in [0.25, 0.3) is 0 Å². The van der Waals surface area contributed by atoms with E-state index in [-0.39, 0.29) is 6.10 Å². The van der Waals surface area contributed by atoms with Crippen molar-refractivity contribution in [2.24, 2.45) is 0 Å². The van der Waals surface area contributed by atoms with Crippen molar-refractivity contribution in [2.75, 3.05) is 23.3 Å². The van der Waals surface area contributed by atoms with Crippen molar-refractivity contribution in [2.45, 2.75) is 31.9 Å². The highest BCUT2D eigenvalue weighted by molar-refractivity contribution is 5.43. The molecular formula is C19H22N6O2. The largest absolute Gasteiger partial charge is 0.391 e. The van der Waals surface area contributed by atoms with Gasteiger partial charge < -0.3 is 19.8 Å². The first-order chi connectivity index (χ1) is 13.3. The van der Waals surface area contributed by atoms with Gasteiger partial charge in [0.05, 0.1) is 12.6 Å². The minimum absolute atomic E-state index is 0.299. The molecule has 1 saturated heterocycles. The molecule has 0 radical (unpaired) electrons. The fraction of sp³-hybridized carbons (Fsp3) is 0.368. The Morgan fingerprint density at radius 1 is 1.19 bits per heavy atom. The van der Waals surface area contributed by atoms with Crippen molar-refractivity contribution in [1.82, 2.24) is 20.1 Å². The third kappa shape index (κ3) is 4.59. The maximum Gasteiger partial charge on any atom is 0.246 e. The number of nitrogens with zero attached hydrogens (tertiary/aromatic N) is 5. The Kier molecular flexibility index (Phi) is 5.24. The van der Waals surface area contributed by atoms with Crippen LogP contribution >= 0.6 is 0 Å². The molecule has 1 aliphatic rings. The predicted molar refractivity (Wildman–Crippen MR) is 100 cm³/mol. The second kappa shape index (κ2) is 8.13. The van der Waals surface area contributed by atoms with Crippen molar-refractivity contribution in [1.29, 1.82) is 0 Å². The third-order valence-corrected chi connectivity index (χ3v) is 4.47. The van der Waals surface area contributed by atoms with E-state index < -0.39 is 0 Å². The highest BCUT2D eigenvalue weighted by Crippen LogP contribution is 2.18. The zero-order valence-corrected chi connectivity index (χ0v) is 15.0. The molecule has 1 fully saturated rings. The molecule has 3 heterocycles. The van der Waals surface area contributed by atoms with Crippen molar-refractivity contribution in [3.63, 3.8) is 0 Å². The first-order valence-corrected chi connectivity index (χ1v) is 9.11. The Balaban J connectivity index is 1.36. The Morgan fingerprint density at radius 2 is 2.07 bits per heavy atom. The first-order valence-electron chi connectivity index (χ1n) is 9.11. The summed E-state index contributed by atoms with van der Waals surface area (Å²) in [5, 5.41) is 17.0. The van der Waals surface area contributed by atoms with Gasteiger partial charge in [0.2, 0.25) is 11.8 Å². The van der Waals surface area contributed by atoms with Crippen molar-refractivity contribution >= 4 is 11.8 Å². The summed E-state index contributed by atoms with van der Waals surface area (Å²) in [6, 6.07) is 11.9. The molecule has 140 valence electrons. The molecule has 4 rings (SSSR count). The number of rotatable bonds is 6.